The van der Waals surface area contributed by atoms with Crippen LogP contribution in [0.1, 0.15) is 51.9 Å². The zero-order valence-corrected chi connectivity index (χ0v) is 23.4. The summed E-state index contributed by atoms with van der Waals surface area (Å²) in [6.07, 6.45) is 1.94. The van der Waals surface area contributed by atoms with Crippen molar-refractivity contribution in [3.63, 3.8) is 0 Å². The maximum atomic E-state index is 13.4. The minimum absolute atomic E-state index is 0.0502. The van der Waals surface area contributed by atoms with E-state index in [1.807, 2.05) is 72.3 Å². The second-order valence-corrected chi connectivity index (χ2v) is 10.6. The van der Waals surface area contributed by atoms with E-state index in [1.54, 1.807) is 22.5 Å². The average molecular weight is 542 g/mol. The monoisotopic (exact) mass is 541 g/mol. The Hall–Kier alpha value is -3.47. The molecule has 5 rings (SSSR count). The number of halogens is 2. The molecule has 1 aromatic carbocycles. The van der Waals surface area contributed by atoms with Crippen LogP contribution in [0.5, 0.6) is 0 Å². The number of carbonyl (C=O) groups is 1. The van der Waals surface area contributed by atoms with Crippen molar-refractivity contribution in [2.24, 2.45) is 18.4 Å². The number of fused-ring (bicyclic) bond motifs is 1. The molecule has 4 aromatic rings. The van der Waals surface area contributed by atoms with Gasteiger partial charge in [-0.05, 0) is 42.7 Å². The average Bonchev–Trinajstić information content (AvgIpc) is 3.17. The summed E-state index contributed by atoms with van der Waals surface area (Å²) in [5.41, 5.74) is 4.60. The van der Waals surface area contributed by atoms with E-state index in [0.29, 0.717) is 11.2 Å². The van der Waals surface area contributed by atoms with Gasteiger partial charge in [-0.25, -0.2) is 18.7 Å². The Kier molecular flexibility index (Phi) is 7.78. The van der Waals surface area contributed by atoms with Crippen molar-refractivity contribution < 1.29 is 13.6 Å². The molecule has 3 heterocycles. The molecule has 0 saturated heterocycles. The molecule has 1 unspecified atom stereocenters. The molecular formula is C27H33F2N7OS. The molecule has 3 N–H and O–H groups in total. The number of thioether (sulfide) groups is 1. The maximum Gasteiger partial charge on any atom is 0.295 e. The van der Waals surface area contributed by atoms with Crippen molar-refractivity contribution in [1.29, 1.82) is 0 Å². The number of benzene rings is 1. The molecule has 1 fully saturated rings. The number of anilines is 3. The van der Waals surface area contributed by atoms with E-state index in [1.165, 1.54) is 0 Å². The number of pyridine rings is 1. The van der Waals surface area contributed by atoms with Crippen molar-refractivity contribution in [2.75, 3.05) is 16.9 Å². The molecule has 1 aliphatic carbocycles. The lowest BCUT2D eigenvalue weighted by Gasteiger charge is -2.14. The zero-order chi connectivity index (χ0) is 27.8. The first-order valence-electron chi connectivity index (χ1n) is 12.5. The summed E-state index contributed by atoms with van der Waals surface area (Å²) in [4.78, 5) is 24.6. The van der Waals surface area contributed by atoms with Crippen molar-refractivity contribution >= 4 is 46.0 Å². The van der Waals surface area contributed by atoms with Crippen LogP contribution in [0.15, 0.2) is 35.4 Å². The van der Waals surface area contributed by atoms with Crippen LogP contribution in [0.4, 0.5) is 26.0 Å². The van der Waals surface area contributed by atoms with Gasteiger partial charge in [0.2, 0.25) is 5.91 Å². The standard InChI is InChI=1S/C25H27F2N7OS.C2H6/c1-12-11-34(4)33-19(12)13-6-7-15(17(8-13)36-5)28-16-9-18(30-24(35)14-10-25(14,2)3)29-22-20(16)31-23(32-22)21(26)27;1-2/h6-9,11,14,21H,10H2,1-5H3,(H3,28,29,30,31,32,35);1-2H3. The number of H-pyrrole nitrogens is 1. The molecule has 0 radical (unpaired) electrons. The Bertz CT molecular complexity index is 1480. The fourth-order valence-corrected chi connectivity index (χ4v) is 4.96. The van der Waals surface area contributed by atoms with E-state index in [9.17, 15) is 13.6 Å². The number of aromatic amines is 1. The molecule has 1 saturated carbocycles. The lowest BCUT2D eigenvalue weighted by atomic mass is 10.1. The number of aromatic nitrogens is 5. The third kappa shape index (κ3) is 5.52. The van der Waals surface area contributed by atoms with Crippen molar-refractivity contribution in [3.05, 3.63) is 41.9 Å². The second kappa shape index (κ2) is 10.7. The molecular weight excluding hydrogens is 508 g/mol. The number of rotatable bonds is 7. The molecule has 8 nitrogen and oxygen atoms in total. The fourth-order valence-electron chi connectivity index (χ4n) is 4.38. The van der Waals surface area contributed by atoms with Gasteiger partial charge in [0.05, 0.1) is 17.1 Å². The summed E-state index contributed by atoms with van der Waals surface area (Å²) in [5.74, 6) is -0.454. The first kappa shape index (κ1) is 27.6. The van der Waals surface area contributed by atoms with Crippen molar-refractivity contribution in [3.8, 4) is 11.3 Å². The molecule has 1 amide bonds. The number of hydrogen-bond acceptors (Lipinski definition) is 6. The molecule has 0 aliphatic heterocycles. The normalized spacial score (nSPS) is 15.8. The highest BCUT2D eigenvalue weighted by Gasteiger charge is 2.50. The Balaban J connectivity index is 0.00000164. The molecule has 3 aromatic heterocycles. The minimum Gasteiger partial charge on any atom is -0.353 e. The lowest BCUT2D eigenvalue weighted by molar-refractivity contribution is -0.118. The number of carbonyl (C=O) groups excluding carboxylic acids is 1. The first-order valence-corrected chi connectivity index (χ1v) is 13.7. The Labute approximate surface area is 225 Å². The number of alkyl halides is 2. The van der Waals surface area contributed by atoms with Crippen LogP contribution in [0.25, 0.3) is 22.4 Å². The predicted octanol–water partition coefficient (Wildman–Crippen LogP) is 7.08. The third-order valence-corrected chi connectivity index (χ3v) is 7.30. The molecule has 202 valence electrons. The first-order chi connectivity index (χ1) is 18.1. The summed E-state index contributed by atoms with van der Waals surface area (Å²) in [6, 6.07) is 7.57. The second-order valence-electron chi connectivity index (χ2n) is 9.79. The molecule has 0 spiro atoms. The number of nitrogens with one attached hydrogen (secondary N) is 3. The highest BCUT2D eigenvalue weighted by Crippen LogP contribution is 2.52. The van der Waals surface area contributed by atoms with Crippen LogP contribution in [0.2, 0.25) is 0 Å². The number of imidazole rings is 1. The van der Waals surface area contributed by atoms with Gasteiger partial charge in [0, 0.05) is 35.7 Å². The Morgan fingerprint density at radius 1 is 1.21 bits per heavy atom. The van der Waals surface area contributed by atoms with Gasteiger partial charge < -0.3 is 15.6 Å². The van der Waals surface area contributed by atoms with Gasteiger partial charge in [-0.3, -0.25) is 9.48 Å². The van der Waals surface area contributed by atoms with Gasteiger partial charge in [-0.1, -0.05) is 33.8 Å². The Morgan fingerprint density at radius 3 is 2.50 bits per heavy atom. The summed E-state index contributed by atoms with van der Waals surface area (Å²) in [5, 5.41) is 10.7. The lowest BCUT2D eigenvalue weighted by Crippen LogP contribution is -2.17. The third-order valence-electron chi connectivity index (χ3n) is 6.52. The summed E-state index contributed by atoms with van der Waals surface area (Å²) in [7, 11) is 1.88. The summed E-state index contributed by atoms with van der Waals surface area (Å²) < 4.78 is 28.6. The molecule has 1 atom stereocenters. The molecule has 38 heavy (non-hydrogen) atoms. The number of amides is 1. The highest BCUT2D eigenvalue weighted by atomic mass is 32.2. The van der Waals surface area contributed by atoms with E-state index in [-0.39, 0.29) is 28.7 Å². The van der Waals surface area contributed by atoms with E-state index in [4.69, 9.17) is 0 Å². The van der Waals surface area contributed by atoms with Crippen LogP contribution in [-0.2, 0) is 11.8 Å². The van der Waals surface area contributed by atoms with Gasteiger partial charge in [0.1, 0.15) is 11.3 Å². The smallest absolute Gasteiger partial charge is 0.295 e. The van der Waals surface area contributed by atoms with E-state index in [2.05, 4.69) is 30.7 Å². The van der Waals surface area contributed by atoms with Crippen LogP contribution < -0.4 is 10.6 Å². The number of nitrogens with zero attached hydrogens (tertiary/aromatic N) is 4. The van der Waals surface area contributed by atoms with Crippen LogP contribution in [0.3, 0.4) is 0 Å². The molecule has 11 heteroatoms. The van der Waals surface area contributed by atoms with E-state index in [0.717, 1.165) is 33.8 Å². The van der Waals surface area contributed by atoms with Gasteiger partial charge in [0.15, 0.2) is 11.5 Å². The molecule has 1 aliphatic rings. The SMILES string of the molecule is CC.CSc1cc(-c2nn(C)cc2C)ccc1Nc1cc(NC(=O)C2CC2(C)C)nc2nc(C(F)F)[nH]c12. The van der Waals surface area contributed by atoms with Crippen LogP contribution in [-0.4, -0.2) is 36.9 Å². The van der Waals surface area contributed by atoms with Crippen molar-refractivity contribution in [2.45, 2.75) is 52.4 Å². The molecule has 0 bridgehead atoms. The fraction of sp³-hybridized carbons (Fsp3) is 0.407. The zero-order valence-electron chi connectivity index (χ0n) is 22.6. The number of aryl methyl sites for hydroxylation is 2. The van der Waals surface area contributed by atoms with E-state index >= 15 is 0 Å². The maximum absolute atomic E-state index is 13.4. The summed E-state index contributed by atoms with van der Waals surface area (Å²) in [6.45, 7) is 10.1. The van der Waals surface area contributed by atoms with E-state index < -0.39 is 12.2 Å². The minimum atomic E-state index is -2.78. The van der Waals surface area contributed by atoms with Gasteiger partial charge in [-0.2, -0.15) is 5.10 Å². The summed E-state index contributed by atoms with van der Waals surface area (Å²) >= 11 is 1.55. The van der Waals surface area contributed by atoms with Gasteiger partial charge in [-0.15, -0.1) is 11.8 Å². The topological polar surface area (TPSA) is 101 Å². The predicted molar refractivity (Wildman–Crippen MR) is 149 cm³/mol. The Morgan fingerprint density at radius 2 is 1.92 bits per heavy atom. The van der Waals surface area contributed by atoms with Crippen molar-refractivity contribution in [1.82, 2.24) is 24.7 Å². The number of hydrogen-bond donors (Lipinski definition) is 3. The highest BCUT2D eigenvalue weighted by molar-refractivity contribution is 7.98. The van der Waals surface area contributed by atoms with Gasteiger partial charge in [0.25, 0.3) is 6.43 Å². The van der Waals surface area contributed by atoms with Gasteiger partial charge >= 0.3 is 0 Å². The quantitative estimate of drug-likeness (QED) is 0.216. The van der Waals surface area contributed by atoms with Crippen LogP contribution >= 0.6 is 11.8 Å². The largest absolute Gasteiger partial charge is 0.353 e. The van der Waals surface area contributed by atoms with Crippen LogP contribution in [0, 0.1) is 18.3 Å².